The number of carbonyl (C=O) groups excluding carboxylic acids is 1. The normalized spacial score (nSPS) is 12.7. The second kappa shape index (κ2) is 4.35. The van der Waals surface area contributed by atoms with Crippen LogP contribution in [0.1, 0.15) is 11.6 Å². The summed E-state index contributed by atoms with van der Waals surface area (Å²) in [4.78, 5) is 14.2. The van der Waals surface area contributed by atoms with E-state index >= 15 is 0 Å². The molecule has 1 unspecified atom stereocenters. The van der Waals surface area contributed by atoms with Crippen LogP contribution in [-0.4, -0.2) is 18.1 Å². The molecule has 0 amide bonds. The van der Waals surface area contributed by atoms with Crippen molar-refractivity contribution in [1.29, 1.82) is 0 Å². The van der Waals surface area contributed by atoms with E-state index in [1.165, 1.54) is 19.2 Å². The van der Waals surface area contributed by atoms with Gasteiger partial charge in [0.25, 0.3) is 0 Å². The van der Waals surface area contributed by atoms with E-state index in [0.29, 0.717) is 16.5 Å². The Morgan fingerprint density at radius 2 is 2.29 bits per heavy atom. The van der Waals surface area contributed by atoms with Crippen molar-refractivity contribution in [3.05, 3.63) is 34.7 Å². The number of nitrogens with two attached hydrogens (primary N) is 1. The highest BCUT2D eigenvalue weighted by molar-refractivity contribution is 6.31. The van der Waals surface area contributed by atoms with Gasteiger partial charge in [0.05, 0.1) is 12.1 Å². The SMILES string of the molecule is COC(=O)C(N)c1c[nH]c2cc(F)c(Cl)cc12. The van der Waals surface area contributed by atoms with Crippen LogP contribution in [0.25, 0.3) is 10.9 Å². The van der Waals surface area contributed by atoms with Gasteiger partial charge in [-0.05, 0) is 12.1 Å². The molecule has 17 heavy (non-hydrogen) atoms. The van der Waals surface area contributed by atoms with E-state index in [0.717, 1.165) is 0 Å². The Bertz CT molecular complexity index is 582. The van der Waals surface area contributed by atoms with Gasteiger partial charge in [-0.3, -0.25) is 4.79 Å². The largest absolute Gasteiger partial charge is 0.468 e. The number of aromatic amines is 1. The summed E-state index contributed by atoms with van der Waals surface area (Å²) in [5.74, 6) is -1.09. The first kappa shape index (κ1) is 11.9. The third-order valence-corrected chi connectivity index (χ3v) is 2.83. The van der Waals surface area contributed by atoms with Crippen molar-refractivity contribution in [3.8, 4) is 0 Å². The summed E-state index contributed by atoms with van der Waals surface area (Å²) in [5, 5.41) is 0.588. The molecule has 3 N–H and O–H groups in total. The quantitative estimate of drug-likeness (QED) is 0.809. The zero-order chi connectivity index (χ0) is 12.6. The summed E-state index contributed by atoms with van der Waals surface area (Å²) in [7, 11) is 1.25. The molecule has 0 aliphatic rings. The van der Waals surface area contributed by atoms with Gasteiger partial charge < -0.3 is 15.5 Å². The van der Waals surface area contributed by atoms with Crippen molar-refractivity contribution in [1.82, 2.24) is 4.98 Å². The lowest BCUT2D eigenvalue weighted by Crippen LogP contribution is -2.22. The molecule has 0 bridgehead atoms. The van der Waals surface area contributed by atoms with Gasteiger partial charge in [-0.2, -0.15) is 0 Å². The van der Waals surface area contributed by atoms with Gasteiger partial charge in [0, 0.05) is 22.7 Å². The van der Waals surface area contributed by atoms with Gasteiger partial charge in [0.1, 0.15) is 11.9 Å². The Morgan fingerprint density at radius 3 is 2.94 bits per heavy atom. The number of carbonyl (C=O) groups is 1. The van der Waals surface area contributed by atoms with Crippen LogP contribution >= 0.6 is 11.6 Å². The third kappa shape index (κ3) is 1.99. The predicted octanol–water partition coefficient (Wildman–Crippen LogP) is 2.13. The van der Waals surface area contributed by atoms with Crippen LogP contribution in [0.4, 0.5) is 4.39 Å². The first-order valence-electron chi connectivity index (χ1n) is 4.84. The fourth-order valence-corrected chi connectivity index (χ4v) is 1.81. The molecule has 0 spiro atoms. The van der Waals surface area contributed by atoms with Crippen molar-refractivity contribution in [2.24, 2.45) is 5.73 Å². The van der Waals surface area contributed by atoms with Crippen LogP contribution in [0.3, 0.4) is 0 Å². The van der Waals surface area contributed by atoms with Crippen molar-refractivity contribution >= 4 is 28.5 Å². The number of aromatic nitrogens is 1. The number of ether oxygens (including phenoxy) is 1. The molecule has 2 aromatic rings. The van der Waals surface area contributed by atoms with Gasteiger partial charge in [-0.1, -0.05) is 11.6 Å². The molecule has 6 heteroatoms. The molecule has 0 radical (unpaired) electrons. The Kier molecular flexibility index (Phi) is 3.04. The molecule has 0 aliphatic carbocycles. The molecule has 0 fully saturated rings. The molecular formula is C11H10ClFN2O2. The fourth-order valence-electron chi connectivity index (χ4n) is 1.65. The highest BCUT2D eigenvalue weighted by atomic mass is 35.5. The summed E-state index contributed by atoms with van der Waals surface area (Å²) in [6.07, 6.45) is 1.54. The summed E-state index contributed by atoms with van der Waals surface area (Å²) in [5.41, 5.74) is 6.77. The average molecular weight is 257 g/mol. The number of methoxy groups -OCH3 is 1. The minimum absolute atomic E-state index is 0.0181. The van der Waals surface area contributed by atoms with Crippen molar-refractivity contribution in [2.45, 2.75) is 6.04 Å². The Labute approximate surface area is 102 Å². The van der Waals surface area contributed by atoms with Gasteiger partial charge in [-0.25, -0.2) is 4.39 Å². The summed E-state index contributed by atoms with van der Waals surface area (Å²) >= 11 is 5.69. The van der Waals surface area contributed by atoms with E-state index in [4.69, 9.17) is 17.3 Å². The highest BCUT2D eigenvalue weighted by Gasteiger charge is 2.20. The Balaban J connectivity index is 2.56. The third-order valence-electron chi connectivity index (χ3n) is 2.54. The van der Waals surface area contributed by atoms with E-state index in [-0.39, 0.29) is 5.02 Å². The maximum absolute atomic E-state index is 13.2. The van der Waals surface area contributed by atoms with Crippen LogP contribution in [0.2, 0.25) is 5.02 Å². The lowest BCUT2D eigenvalue weighted by atomic mass is 10.1. The number of nitrogens with one attached hydrogen (secondary N) is 1. The highest BCUT2D eigenvalue weighted by Crippen LogP contribution is 2.28. The molecule has 1 heterocycles. The molecule has 2 rings (SSSR count). The van der Waals surface area contributed by atoms with E-state index < -0.39 is 17.8 Å². The van der Waals surface area contributed by atoms with Gasteiger partial charge >= 0.3 is 5.97 Å². The smallest absolute Gasteiger partial charge is 0.327 e. The summed E-state index contributed by atoms with van der Waals surface area (Å²) in [6, 6.07) is 1.77. The average Bonchev–Trinajstić information content (AvgIpc) is 2.70. The van der Waals surface area contributed by atoms with Crippen molar-refractivity contribution < 1.29 is 13.9 Å². The number of hydrogen-bond donors (Lipinski definition) is 2. The molecule has 4 nitrogen and oxygen atoms in total. The predicted molar refractivity (Wildman–Crippen MR) is 62.2 cm³/mol. The molecule has 1 atom stereocenters. The molecule has 0 saturated heterocycles. The molecule has 0 saturated carbocycles. The topological polar surface area (TPSA) is 68.1 Å². The van der Waals surface area contributed by atoms with Gasteiger partial charge in [0.15, 0.2) is 0 Å². The second-order valence-corrected chi connectivity index (χ2v) is 3.96. The molecule has 0 aliphatic heterocycles. The number of H-pyrrole nitrogens is 1. The summed E-state index contributed by atoms with van der Waals surface area (Å²) < 4.78 is 17.8. The minimum Gasteiger partial charge on any atom is -0.468 e. The molecule has 90 valence electrons. The van der Waals surface area contributed by atoms with Gasteiger partial charge in [0.2, 0.25) is 0 Å². The minimum atomic E-state index is -0.921. The van der Waals surface area contributed by atoms with Crippen molar-refractivity contribution in [3.63, 3.8) is 0 Å². The molecular weight excluding hydrogens is 247 g/mol. The lowest BCUT2D eigenvalue weighted by molar-refractivity contribution is -0.142. The van der Waals surface area contributed by atoms with E-state index in [1.54, 1.807) is 6.20 Å². The molecule has 1 aromatic carbocycles. The van der Waals surface area contributed by atoms with E-state index in [9.17, 15) is 9.18 Å². The number of rotatable bonds is 2. The standard InChI is InChI=1S/C11H10ClFN2O2/c1-17-11(16)10(14)6-4-15-9-3-8(13)7(12)2-5(6)9/h2-4,10,15H,14H2,1H3. The van der Waals surface area contributed by atoms with Crippen LogP contribution in [-0.2, 0) is 9.53 Å². The first-order chi connectivity index (χ1) is 8.04. The van der Waals surface area contributed by atoms with Crippen LogP contribution < -0.4 is 5.73 Å². The van der Waals surface area contributed by atoms with Gasteiger partial charge in [-0.15, -0.1) is 0 Å². The monoisotopic (exact) mass is 256 g/mol. The van der Waals surface area contributed by atoms with Crippen LogP contribution in [0, 0.1) is 5.82 Å². The van der Waals surface area contributed by atoms with Crippen LogP contribution in [0.5, 0.6) is 0 Å². The fraction of sp³-hybridized carbons (Fsp3) is 0.182. The molecule has 1 aromatic heterocycles. The number of esters is 1. The van der Waals surface area contributed by atoms with Crippen LogP contribution in [0.15, 0.2) is 18.3 Å². The van der Waals surface area contributed by atoms with Crippen molar-refractivity contribution in [2.75, 3.05) is 7.11 Å². The summed E-state index contributed by atoms with van der Waals surface area (Å²) in [6.45, 7) is 0. The number of hydrogen-bond acceptors (Lipinski definition) is 3. The Hall–Kier alpha value is -1.59. The number of benzene rings is 1. The number of halogens is 2. The van der Waals surface area contributed by atoms with E-state index in [2.05, 4.69) is 9.72 Å². The first-order valence-corrected chi connectivity index (χ1v) is 5.22. The maximum Gasteiger partial charge on any atom is 0.327 e. The van der Waals surface area contributed by atoms with E-state index in [1.807, 2.05) is 0 Å². The second-order valence-electron chi connectivity index (χ2n) is 3.56. The number of fused-ring (bicyclic) bond motifs is 1. The Morgan fingerprint density at radius 1 is 1.59 bits per heavy atom. The lowest BCUT2D eigenvalue weighted by Gasteiger charge is -2.08. The zero-order valence-electron chi connectivity index (χ0n) is 8.96. The maximum atomic E-state index is 13.2. The zero-order valence-corrected chi connectivity index (χ0v) is 9.72.